The van der Waals surface area contributed by atoms with Gasteiger partial charge in [0, 0.05) is 0 Å². The number of amides is 1. The van der Waals surface area contributed by atoms with Gasteiger partial charge in [-0.1, -0.05) is 55.4 Å². The van der Waals surface area contributed by atoms with Crippen molar-refractivity contribution in [1.82, 2.24) is 5.32 Å². The second-order valence-corrected chi connectivity index (χ2v) is 8.78. The zero-order chi connectivity index (χ0) is 18.3. The van der Waals surface area contributed by atoms with Gasteiger partial charge in [0.25, 0.3) is 0 Å². The van der Waals surface area contributed by atoms with Gasteiger partial charge < -0.3 is 14.8 Å². The number of ether oxygens (including phenoxy) is 2. The average Bonchev–Trinajstić information content (AvgIpc) is 2.36. The Morgan fingerprint density at radius 2 is 1.57 bits per heavy atom. The summed E-state index contributed by atoms with van der Waals surface area (Å²) < 4.78 is 10.5. The highest BCUT2D eigenvalue weighted by Gasteiger charge is 2.34. The van der Waals surface area contributed by atoms with Gasteiger partial charge >= 0.3 is 12.1 Å². The van der Waals surface area contributed by atoms with Gasteiger partial charge in [-0.3, -0.25) is 0 Å². The lowest BCUT2D eigenvalue weighted by atomic mass is 9.87. The minimum atomic E-state index is -0.728. The van der Waals surface area contributed by atoms with Crippen LogP contribution in [-0.2, 0) is 14.3 Å². The summed E-state index contributed by atoms with van der Waals surface area (Å²) >= 11 is 0. The zero-order valence-electron chi connectivity index (χ0n) is 16.1. The quantitative estimate of drug-likeness (QED) is 0.563. The molecule has 0 rings (SSSR count). The third-order valence-electron chi connectivity index (χ3n) is 3.17. The van der Waals surface area contributed by atoms with Crippen molar-refractivity contribution in [3.05, 3.63) is 0 Å². The highest BCUT2D eigenvalue weighted by atomic mass is 16.6. The van der Waals surface area contributed by atoms with Crippen LogP contribution < -0.4 is 5.32 Å². The molecule has 0 saturated carbocycles. The minimum absolute atomic E-state index is 0.119. The first-order chi connectivity index (χ1) is 10.3. The predicted octanol–water partition coefficient (Wildman–Crippen LogP) is 4.15. The minimum Gasteiger partial charge on any atom is -0.464 e. The van der Waals surface area contributed by atoms with Gasteiger partial charge in [0.15, 0.2) is 0 Å². The highest BCUT2D eigenvalue weighted by Crippen LogP contribution is 2.21. The van der Waals surface area contributed by atoms with Crippen LogP contribution >= 0.6 is 0 Å². The van der Waals surface area contributed by atoms with E-state index in [1.165, 1.54) is 0 Å². The Morgan fingerprint density at radius 3 is 2.00 bits per heavy atom. The summed E-state index contributed by atoms with van der Waals surface area (Å²) in [5, 5.41) is 2.64. The molecule has 0 aromatic carbocycles. The van der Waals surface area contributed by atoms with E-state index in [4.69, 9.17) is 9.47 Å². The lowest BCUT2D eigenvalue weighted by Crippen LogP contribution is -2.50. The molecule has 1 N–H and O–H groups in total. The molecule has 1 unspecified atom stereocenters. The number of carbonyl (C=O) groups is 2. The molecule has 0 fully saturated rings. The number of hydrogen-bond acceptors (Lipinski definition) is 4. The van der Waals surface area contributed by atoms with Crippen molar-refractivity contribution in [1.29, 1.82) is 0 Å². The van der Waals surface area contributed by atoms with Crippen molar-refractivity contribution in [2.75, 3.05) is 13.2 Å². The standard InChI is InChI=1S/C18H35NO4/c1-13(2)10-9-11-22-15(20)14(18(6,7)8)19-16(21)23-12-17(3,4)5/h13-14H,9-12H2,1-8H3,(H,19,21). The first-order valence-corrected chi connectivity index (χ1v) is 8.43. The lowest BCUT2D eigenvalue weighted by molar-refractivity contribution is -0.149. The molecule has 0 aliphatic heterocycles. The van der Waals surface area contributed by atoms with Crippen molar-refractivity contribution in [3.63, 3.8) is 0 Å². The van der Waals surface area contributed by atoms with Gasteiger partial charge in [0.2, 0.25) is 0 Å². The lowest BCUT2D eigenvalue weighted by Gasteiger charge is -2.29. The maximum atomic E-state index is 12.3. The first kappa shape index (κ1) is 21.7. The Hall–Kier alpha value is -1.26. The SMILES string of the molecule is CC(C)CCCOC(=O)C(NC(=O)OCC(C)(C)C)C(C)(C)C. The molecule has 0 aliphatic rings. The van der Waals surface area contributed by atoms with Gasteiger partial charge in [-0.25, -0.2) is 9.59 Å². The molecule has 5 nitrogen and oxygen atoms in total. The maximum absolute atomic E-state index is 12.3. The van der Waals surface area contributed by atoms with Gasteiger partial charge in [-0.2, -0.15) is 0 Å². The fourth-order valence-corrected chi connectivity index (χ4v) is 1.82. The largest absolute Gasteiger partial charge is 0.464 e. The summed E-state index contributed by atoms with van der Waals surface area (Å²) in [5.74, 6) is 0.173. The van der Waals surface area contributed by atoms with Crippen molar-refractivity contribution < 1.29 is 19.1 Å². The van der Waals surface area contributed by atoms with E-state index in [-0.39, 0.29) is 5.41 Å². The smallest absolute Gasteiger partial charge is 0.407 e. The van der Waals surface area contributed by atoms with E-state index in [0.717, 1.165) is 12.8 Å². The summed E-state index contributed by atoms with van der Waals surface area (Å²) in [5.41, 5.74) is -0.568. The van der Waals surface area contributed by atoms with Crippen LogP contribution in [0, 0.1) is 16.7 Å². The molecule has 0 aromatic heterocycles. The van der Waals surface area contributed by atoms with Crippen molar-refractivity contribution in [3.8, 4) is 0 Å². The summed E-state index contributed by atoms with van der Waals surface area (Å²) in [7, 11) is 0. The van der Waals surface area contributed by atoms with E-state index in [1.54, 1.807) is 0 Å². The van der Waals surface area contributed by atoms with E-state index in [9.17, 15) is 9.59 Å². The number of rotatable bonds is 7. The van der Waals surface area contributed by atoms with Crippen LogP contribution in [0.3, 0.4) is 0 Å². The molecule has 1 atom stereocenters. The molecule has 0 aromatic rings. The van der Waals surface area contributed by atoms with Crippen LogP contribution in [0.15, 0.2) is 0 Å². The first-order valence-electron chi connectivity index (χ1n) is 8.43. The van der Waals surface area contributed by atoms with Crippen molar-refractivity contribution in [2.24, 2.45) is 16.7 Å². The number of hydrogen-bond donors (Lipinski definition) is 1. The molecule has 0 saturated heterocycles. The van der Waals surface area contributed by atoms with Gasteiger partial charge in [-0.15, -0.1) is 0 Å². The molecule has 136 valence electrons. The fourth-order valence-electron chi connectivity index (χ4n) is 1.82. The van der Waals surface area contributed by atoms with Crippen molar-refractivity contribution >= 4 is 12.1 Å². The summed E-state index contributed by atoms with van der Waals surface area (Å²) in [6.07, 6.45) is 1.25. The topological polar surface area (TPSA) is 64.6 Å². The van der Waals surface area contributed by atoms with E-state index in [0.29, 0.717) is 19.1 Å². The van der Waals surface area contributed by atoms with Crippen LogP contribution in [0.25, 0.3) is 0 Å². The van der Waals surface area contributed by atoms with E-state index >= 15 is 0 Å². The molecule has 0 radical (unpaired) electrons. The predicted molar refractivity (Wildman–Crippen MR) is 92.2 cm³/mol. The van der Waals surface area contributed by atoms with Crippen molar-refractivity contribution in [2.45, 2.75) is 74.3 Å². The highest BCUT2D eigenvalue weighted by molar-refractivity contribution is 5.82. The molecule has 0 heterocycles. The van der Waals surface area contributed by atoms with E-state index < -0.39 is 23.5 Å². The molecular formula is C18H35NO4. The zero-order valence-corrected chi connectivity index (χ0v) is 16.1. The second kappa shape index (κ2) is 9.14. The third kappa shape index (κ3) is 11.0. The average molecular weight is 329 g/mol. The van der Waals surface area contributed by atoms with E-state index in [1.807, 2.05) is 41.5 Å². The Morgan fingerprint density at radius 1 is 1.00 bits per heavy atom. The van der Waals surface area contributed by atoms with Crippen LogP contribution in [0.1, 0.15) is 68.2 Å². The Labute approximate surface area is 141 Å². The Kier molecular flexibility index (Phi) is 8.64. The Balaban J connectivity index is 4.52. The normalized spacial score (nSPS) is 13.6. The molecule has 0 aliphatic carbocycles. The summed E-state index contributed by atoms with van der Waals surface area (Å²) in [6, 6.07) is -0.728. The number of carbonyl (C=O) groups excluding carboxylic acids is 2. The molecule has 0 spiro atoms. The molecule has 5 heteroatoms. The molecule has 0 bridgehead atoms. The Bertz CT molecular complexity index is 377. The monoisotopic (exact) mass is 329 g/mol. The second-order valence-electron chi connectivity index (χ2n) is 8.78. The van der Waals surface area contributed by atoms with Crippen LogP contribution in [0.4, 0.5) is 4.79 Å². The molecular weight excluding hydrogens is 294 g/mol. The molecule has 23 heavy (non-hydrogen) atoms. The fraction of sp³-hybridized carbons (Fsp3) is 0.889. The van der Waals surface area contributed by atoms with Crippen LogP contribution in [0.5, 0.6) is 0 Å². The summed E-state index contributed by atoms with van der Waals surface area (Å²) in [6.45, 7) is 16.5. The van der Waals surface area contributed by atoms with Gasteiger partial charge in [0.05, 0.1) is 13.2 Å². The van der Waals surface area contributed by atoms with Crippen LogP contribution in [0.2, 0.25) is 0 Å². The number of nitrogens with one attached hydrogen (secondary N) is 1. The molecule has 1 amide bonds. The van der Waals surface area contributed by atoms with Crippen LogP contribution in [-0.4, -0.2) is 31.3 Å². The van der Waals surface area contributed by atoms with Gasteiger partial charge in [0.1, 0.15) is 6.04 Å². The number of alkyl carbamates (subject to hydrolysis) is 1. The van der Waals surface area contributed by atoms with E-state index in [2.05, 4.69) is 19.2 Å². The maximum Gasteiger partial charge on any atom is 0.407 e. The summed E-state index contributed by atoms with van der Waals surface area (Å²) in [4.78, 5) is 24.2. The third-order valence-corrected chi connectivity index (χ3v) is 3.17. The van der Waals surface area contributed by atoms with Gasteiger partial charge in [-0.05, 0) is 29.6 Å². The number of esters is 1.